The summed E-state index contributed by atoms with van der Waals surface area (Å²) in [5, 5.41) is 15.0. The fourth-order valence-electron chi connectivity index (χ4n) is 2.63. The predicted molar refractivity (Wildman–Crippen MR) is 99.2 cm³/mol. The maximum Gasteiger partial charge on any atom is 0.281 e. The molecule has 0 saturated heterocycles. The van der Waals surface area contributed by atoms with Gasteiger partial charge in [0.25, 0.3) is 5.56 Å². The van der Waals surface area contributed by atoms with Crippen molar-refractivity contribution in [2.45, 2.75) is 13.8 Å². The van der Waals surface area contributed by atoms with Gasteiger partial charge in [0, 0.05) is 17.5 Å². The van der Waals surface area contributed by atoms with Gasteiger partial charge in [-0.15, -0.1) is 15.3 Å². The molecule has 4 aromatic rings. The summed E-state index contributed by atoms with van der Waals surface area (Å²) < 4.78 is 2.83. The molecule has 3 aromatic heterocycles. The highest BCUT2D eigenvalue weighted by molar-refractivity contribution is 5.94. The predicted octanol–water partition coefficient (Wildman–Crippen LogP) is 1.86. The van der Waals surface area contributed by atoms with Crippen LogP contribution in [0.1, 0.15) is 28.5 Å². The number of aromatic nitrogens is 6. The lowest BCUT2D eigenvalue weighted by Crippen LogP contribution is -2.19. The van der Waals surface area contributed by atoms with E-state index in [2.05, 4.69) is 25.4 Å². The van der Waals surface area contributed by atoms with Crippen LogP contribution in [0.4, 0.5) is 5.69 Å². The Morgan fingerprint density at radius 3 is 2.70 bits per heavy atom. The molecule has 4 rings (SSSR count). The van der Waals surface area contributed by atoms with Gasteiger partial charge in [-0.1, -0.05) is 0 Å². The Hall–Kier alpha value is -3.88. The van der Waals surface area contributed by atoms with Crippen molar-refractivity contribution in [3.8, 4) is 5.82 Å². The average molecular weight is 361 g/mol. The van der Waals surface area contributed by atoms with E-state index in [0.29, 0.717) is 34.0 Å². The van der Waals surface area contributed by atoms with Crippen LogP contribution in [0.15, 0.2) is 52.5 Å². The van der Waals surface area contributed by atoms with Gasteiger partial charge in [-0.05, 0) is 50.2 Å². The van der Waals surface area contributed by atoms with Crippen LogP contribution in [0, 0.1) is 6.92 Å². The van der Waals surface area contributed by atoms with Crippen LogP contribution < -0.4 is 5.56 Å². The van der Waals surface area contributed by atoms with E-state index >= 15 is 0 Å². The van der Waals surface area contributed by atoms with Crippen LogP contribution in [0.2, 0.25) is 0 Å². The molecule has 1 N–H and O–H groups in total. The van der Waals surface area contributed by atoms with E-state index in [-0.39, 0.29) is 11.3 Å². The van der Waals surface area contributed by atoms with Gasteiger partial charge in [-0.2, -0.15) is 9.20 Å². The normalized spacial score (nSPS) is 11.5. The van der Waals surface area contributed by atoms with Crippen LogP contribution in [0.3, 0.4) is 0 Å². The summed E-state index contributed by atoms with van der Waals surface area (Å²) in [7, 11) is 0. The van der Waals surface area contributed by atoms with E-state index in [4.69, 9.17) is 0 Å². The lowest BCUT2D eigenvalue weighted by atomic mass is 10.1. The van der Waals surface area contributed by atoms with Crippen molar-refractivity contribution < 1.29 is 4.79 Å². The molecule has 134 valence electrons. The van der Waals surface area contributed by atoms with Crippen LogP contribution in [0.5, 0.6) is 0 Å². The molecule has 27 heavy (non-hydrogen) atoms. The van der Waals surface area contributed by atoms with Crippen LogP contribution in [-0.2, 0) is 0 Å². The summed E-state index contributed by atoms with van der Waals surface area (Å²) in [6, 6.07) is 10.3. The van der Waals surface area contributed by atoms with E-state index in [1.54, 1.807) is 43.3 Å². The molecule has 0 atom stereocenters. The number of aromatic amines is 1. The highest BCUT2D eigenvalue weighted by Crippen LogP contribution is 2.14. The number of Topliss-reactive ketones (excluding diaryl/α,β-unsaturated/α-hetero) is 1. The Balaban J connectivity index is 1.68. The van der Waals surface area contributed by atoms with Crippen molar-refractivity contribution in [3.05, 3.63) is 69.9 Å². The van der Waals surface area contributed by atoms with Gasteiger partial charge in [0.15, 0.2) is 17.2 Å². The Bertz CT molecular complexity index is 1230. The number of hydrogen-bond acceptors (Lipinski definition) is 6. The second-order valence-corrected chi connectivity index (χ2v) is 5.98. The molecule has 9 heteroatoms. The van der Waals surface area contributed by atoms with Crippen LogP contribution >= 0.6 is 0 Å². The summed E-state index contributed by atoms with van der Waals surface area (Å²) in [6.07, 6.45) is 2.97. The third kappa shape index (κ3) is 3.06. The summed E-state index contributed by atoms with van der Waals surface area (Å²) >= 11 is 0. The Morgan fingerprint density at radius 1 is 1.19 bits per heavy atom. The molecule has 0 saturated carbocycles. The van der Waals surface area contributed by atoms with E-state index in [9.17, 15) is 9.59 Å². The lowest BCUT2D eigenvalue weighted by Gasteiger charge is -2.00. The minimum atomic E-state index is -0.267. The number of ketones is 1. The molecule has 0 aliphatic rings. The second kappa shape index (κ2) is 6.45. The number of carbonyl (C=O) groups is 1. The molecule has 0 spiro atoms. The number of benzene rings is 1. The lowest BCUT2D eigenvalue weighted by molar-refractivity contribution is 0.101. The maximum atomic E-state index is 12.7. The van der Waals surface area contributed by atoms with E-state index in [1.165, 1.54) is 28.7 Å². The third-order valence-electron chi connectivity index (χ3n) is 4.11. The first-order valence-corrected chi connectivity index (χ1v) is 8.17. The van der Waals surface area contributed by atoms with Crippen LogP contribution in [0.25, 0.3) is 11.5 Å². The maximum absolute atomic E-state index is 12.7. The molecule has 0 aliphatic carbocycles. The zero-order valence-corrected chi connectivity index (χ0v) is 14.6. The Morgan fingerprint density at radius 2 is 1.96 bits per heavy atom. The van der Waals surface area contributed by atoms with E-state index < -0.39 is 0 Å². The smallest absolute Gasteiger partial charge is 0.281 e. The first-order valence-electron chi connectivity index (χ1n) is 8.17. The summed E-state index contributed by atoms with van der Waals surface area (Å²) in [5.41, 5.74) is 2.67. The van der Waals surface area contributed by atoms with Gasteiger partial charge in [0.1, 0.15) is 6.33 Å². The van der Waals surface area contributed by atoms with Crippen molar-refractivity contribution in [3.63, 3.8) is 0 Å². The fraction of sp³-hybridized carbons (Fsp3) is 0.111. The fourth-order valence-corrected chi connectivity index (χ4v) is 2.63. The molecule has 0 fully saturated rings. The molecule has 0 unspecified atom stereocenters. The van der Waals surface area contributed by atoms with Gasteiger partial charge >= 0.3 is 0 Å². The zero-order chi connectivity index (χ0) is 19.0. The van der Waals surface area contributed by atoms with Crippen molar-refractivity contribution >= 4 is 23.3 Å². The number of nitrogens with one attached hydrogen (secondary N) is 1. The zero-order valence-electron chi connectivity index (χ0n) is 14.6. The van der Waals surface area contributed by atoms with E-state index in [1.807, 2.05) is 0 Å². The molecule has 3 heterocycles. The molecular weight excluding hydrogens is 346 g/mol. The van der Waals surface area contributed by atoms with Crippen LogP contribution in [-0.4, -0.2) is 41.6 Å². The average Bonchev–Trinajstić information content (AvgIpc) is 3.24. The summed E-state index contributed by atoms with van der Waals surface area (Å²) in [4.78, 5) is 28.4. The number of rotatable bonds is 4. The second-order valence-electron chi connectivity index (χ2n) is 5.98. The molecular formula is C18H15N7O2. The first kappa shape index (κ1) is 16.6. The van der Waals surface area contributed by atoms with Gasteiger partial charge in [0.05, 0.1) is 11.3 Å². The third-order valence-corrected chi connectivity index (χ3v) is 4.11. The van der Waals surface area contributed by atoms with Gasteiger partial charge in [-0.3, -0.25) is 19.7 Å². The van der Waals surface area contributed by atoms with Gasteiger partial charge < -0.3 is 0 Å². The number of fused-ring (bicyclic) bond motifs is 1. The van der Waals surface area contributed by atoms with E-state index in [0.717, 1.165) is 0 Å². The molecule has 1 aromatic carbocycles. The molecule has 9 nitrogen and oxygen atoms in total. The van der Waals surface area contributed by atoms with Gasteiger partial charge in [0.2, 0.25) is 0 Å². The number of aryl methyl sites for hydroxylation is 1. The highest BCUT2D eigenvalue weighted by Gasteiger charge is 2.12. The Kier molecular flexibility index (Phi) is 3.96. The van der Waals surface area contributed by atoms with Crippen molar-refractivity contribution in [1.82, 2.24) is 29.6 Å². The molecule has 0 radical (unpaired) electrons. The largest absolute Gasteiger partial charge is 0.295 e. The number of carbonyl (C=O) groups excluding carboxylic acids is 1. The monoisotopic (exact) mass is 361 g/mol. The topological polar surface area (TPSA) is 110 Å². The standard InChI is InChI=1S/C18H15N7O2/c1-11-15(9-19-14-5-3-13(4-6-14)12(2)26)18(27)25(22-11)17-8-7-16-21-20-10-24(16)23-17/h3-10,22H,1-2H3. The molecule has 0 bridgehead atoms. The number of hydrogen-bond donors (Lipinski definition) is 1. The number of H-pyrrole nitrogens is 1. The van der Waals surface area contributed by atoms with Crippen molar-refractivity contribution in [1.29, 1.82) is 0 Å². The van der Waals surface area contributed by atoms with Gasteiger partial charge in [-0.25, -0.2) is 0 Å². The first-order chi connectivity index (χ1) is 13.0. The number of aliphatic imine (C=N–C) groups is 1. The minimum absolute atomic E-state index is 0.00699. The van der Waals surface area contributed by atoms with Crippen molar-refractivity contribution in [2.75, 3.05) is 0 Å². The SMILES string of the molecule is CC(=O)c1ccc(N=Cc2c(C)[nH]n(-c3ccc4nncn4n3)c2=O)cc1. The molecule has 0 amide bonds. The van der Waals surface area contributed by atoms with Crippen molar-refractivity contribution in [2.24, 2.45) is 4.99 Å². The Labute approximate surface area is 153 Å². The quantitative estimate of drug-likeness (QED) is 0.441. The minimum Gasteiger partial charge on any atom is -0.295 e. The summed E-state index contributed by atoms with van der Waals surface area (Å²) in [5.74, 6) is 0.410. The summed E-state index contributed by atoms with van der Waals surface area (Å²) in [6.45, 7) is 3.30. The molecule has 0 aliphatic heterocycles. The number of nitrogens with zero attached hydrogens (tertiary/aromatic N) is 6. The highest BCUT2D eigenvalue weighted by atomic mass is 16.1.